The highest BCUT2D eigenvalue weighted by molar-refractivity contribution is 5.94. The van der Waals surface area contributed by atoms with Gasteiger partial charge in [-0.2, -0.15) is 0 Å². The van der Waals surface area contributed by atoms with Gasteiger partial charge in [-0.3, -0.25) is 9.78 Å². The molecule has 29 heavy (non-hydrogen) atoms. The van der Waals surface area contributed by atoms with Crippen molar-refractivity contribution in [3.8, 4) is 0 Å². The minimum Gasteiger partial charge on any atom is -0.370 e. The maximum atomic E-state index is 13.0. The molecule has 2 aliphatic heterocycles. The minimum atomic E-state index is -0.438. The van der Waals surface area contributed by atoms with Crippen LogP contribution in [-0.2, 0) is 9.47 Å². The van der Waals surface area contributed by atoms with Gasteiger partial charge in [0, 0.05) is 18.4 Å². The topological polar surface area (TPSA) is 51.7 Å². The number of aromatic nitrogens is 1. The Bertz CT molecular complexity index is 837. The number of hydrogen-bond acceptors (Lipinski definition) is 4. The fourth-order valence-electron chi connectivity index (χ4n) is 4.54. The maximum absolute atomic E-state index is 13.0. The molecule has 0 unspecified atom stereocenters. The number of carbonyl (C=O) groups is 1. The average Bonchev–Trinajstić information content (AvgIpc) is 2.74. The Kier molecular flexibility index (Phi) is 5.70. The number of ether oxygens (including phenoxy) is 2. The molecule has 0 radical (unpaired) electrons. The summed E-state index contributed by atoms with van der Waals surface area (Å²) in [4.78, 5) is 19.2. The van der Waals surface area contributed by atoms with Gasteiger partial charge in [-0.1, -0.05) is 44.2 Å². The van der Waals surface area contributed by atoms with Crippen molar-refractivity contribution >= 4 is 5.91 Å². The zero-order chi connectivity index (χ0) is 20.4. The summed E-state index contributed by atoms with van der Waals surface area (Å²) in [5.41, 5.74) is 2.32. The van der Waals surface area contributed by atoms with Gasteiger partial charge in [-0.05, 0) is 42.9 Å². The van der Waals surface area contributed by atoms with E-state index in [0.717, 1.165) is 12.1 Å². The lowest BCUT2D eigenvalue weighted by molar-refractivity contribution is -0.204. The highest BCUT2D eigenvalue weighted by Gasteiger charge is 2.47. The molecule has 0 bridgehead atoms. The smallest absolute Gasteiger partial charge is 0.255 e. The monoisotopic (exact) mass is 394 g/mol. The van der Waals surface area contributed by atoms with Gasteiger partial charge >= 0.3 is 0 Å². The highest BCUT2D eigenvalue weighted by Crippen LogP contribution is 2.44. The number of pyridine rings is 1. The van der Waals surface area contributed by atoms with Crippen LogP contribution in [-0.4, -0.2) is 47.7 Å². The number of aryl methyl sites for hydroxylation is 1. The van der Waals surface area contributed by atoms with Crippen molar-refractivity contribution in [3.63, 3.8) is 0 Å². The van der Waals surface area contributed by atoms with Crippen molar-refractivity contribution in [3.05, 3.63) is 65.5 Å². The first kappa shape index (κ1) is 20.0. The molecule has 0 saturated carbocycles. The molecule has 1 amide bonds. The summed E-state index contributed by atoms with van der Waals surface area (Å²) >= 11 is 0. The lowest BCUT2D eigenvalue weighted by atomic mass is 9.75. The van der Waals surface area contributed by atoms with Gasteiger partial charge in [0.1, 0.15) is 5.60 Å². The molecular weight excluding hydrogens is 364 g/mol. The van der Waals surface area contributed by atoms with Crippen LogP contribution in [0.1, 0.15) is 48.0 Å². The molecule has 154 valence electrons. The molecular formula is C24H30N2O3. The Labute approximate surface area is 173 Å². The first-order chi connectivity index (χ1) is 14.0. The molecule has 5 nitrogen and oxygen atoms in total. The number of hydrogen-bond donors (Lipinski definition) is 0. The van der Waals surface area contributed by atoms with E-state index in [1.54, 1.807) is 6.20 Å². The van der Waals surface area contributed by atoms with Crippen LogP contribution >= 0.6 is 0 Å². The SMILES string of the molecule is Cc1ccc(C(=O)N2CCO[C@]3(CO[C@@H](c4ccccc4)[C@H](C(C)C)C3)C2)cn1. The fourth-order valence-corrected chi connectivity index (χ4v) is 4.54. The Hall–Kier alpha value is -2.24. The predicted molar refractivity (Wildman–Crippen MR) is 112 cm³/mol. The summed E-state index contributed by atoms with van der Waals surface area (Å²) in [6.07, 6.45) is 2.62. The van der Waals surface area contributed by atoms with Gasteiger partial charge in [0.15, 0.2) is 0 Å². The molecule has 0 aliphatic carbocycles. The molecule has 1 aromatic carbocycles. The van der Waals surface area contributed by atoms with Gasteiger partial charge in [-0.25, -0.2) is 0 Å². The fraction of sp³-hybridized carbons (Fsp3) is 0.500. The number of carbonyl (C=O) groups excluding carboxylic acids is 1. The third-order valence-corrected chi connectivity index (χ3v) is 6.20. The number of rotatable bonds is 3. The van der Waals surface area contributed by atoms with E-state index < -0.39 is 5.60 Å². The zero-order valence-electron chi connectivity index (χ0n) is 17.5. The van der Waals surface area contributed by atoms with Crippen molar-refractivity contribution in [1.82, 2.24) is 9.88 Å². The highest BCUT2D eigenvalue weighted by atomic mass is 16.6. The van der Waals surface area contributed by atoms with E-state index in [2.05, 4.69) is 43.1 Å². The van der Waals surface area contributed by atoms with E-state index in [0.29, 0.717) is 43.7 Å². The summed E-state index contributed by atoms with van der Waals surface area (Å²) in [6.45, 7) is 8.61. The second-order valence-corrected chi connectivity index (χ2v) is 8.70. The molecule has 2 saturated heterocycles. The summed E-state index contributed by atoms with van der Waals surface area (Å²) in [6, 6.07) is 14.2. The molecule has 2 aliphatic rings. The summed E-state index contributed by atoms with van der Waals surface area (Å²) in [5.74, 6) is 0.807. The van der Waals surface area contributed by atoms with Gasteiger partial charge in [0.2, 0.25) is 0 Å². The molecule has 4 rings (SSSR count). The van der Waals surface area contributed by atoms with Crippen molar-refractivity contribution < 1.29 is 14.3 Å². The predicted octanol–water partition coefficient (Wildman–Crippen LogP) is 4.04. The summed E-state index contributed by atoms with van der Waals surface area (Å²) in [5, 5.41) is 0. The van der Waals surface area contributed by atoms with E-state index in [1.807, 2.05) is 30.0 Å². The molecule has 0 N–H and O–H groups in total. The standard InChI is InChI=1S/C24H30N2O3/c1-17(2)21-13-24(16-28-22(21)19-7-5-4-6-8-19)15-26(11-12-29-24)23(27)20-10-9-18(3)25-14-20/h4-10,14,17,21-22H,11-13,15-16H2,1-3H3/t21-,22-,24-/m0/s1. The number of benzene rings is 1. The molecule has 3 atom stereocenters. The lowest BCUT2D eigenvalue weighted by Crippen LogP contribution is -2.59. The molecule has 5 heteroatoms. The van der Waals surface area contributed by atoms with E-state index in [1.165, 1.54) is 5.56 Å². The molecule has 3 heterocycles. The van der Waals surface area contributed by atoms with Crippen LogP contribution in [0.25, 0.3) is 0 Å². The Balaban J connectivity index is 1.52. The van der Waals surface area contributed by atoms with E-state index in [9.17, 15) is 4.79 Å². The van der Waals surface area contributed by atoms with Crippen LogP contribution in [0.15, 0.2) is 48.7 Å². The Morgan fingerprint density at radius 1 is 1.21 bits per heavy atom. The van der Waals surface area contributed by atoms with E-state index >= 15 is 0 Å². The molecule has 2 fully saturated rings. The first-order valence-electron chi connectivity index (χ1n) is 10.5. The van der Waals surface area contributed by atoms with Gasteiger partial charge in [0.25, 0.3) is 5.91 Å². The summed E-state index contributed by atoms with van der Waals surface area (Å²) in [7, 11) is 0. The van der Waals surface area contributed by atoms with Gasteiger partial charge in [0.05, 0.1) is 31.4 Å². The van der Waals surface area contributed by atoms with Crippen molar-refractivity contribution in [2.24, 2.45) is 11.8 Å². The second-order valence-electron chi connectivity index (χ2n) is 8.70. The molecule has 2 aromatic rings. The minimum absolute atomic E-state index is 0.0199. The van der Waals surface area contributed by atoms with Crippen LogP contribution in [0.2, 0.25) is 0 Å². The quantitative estimate of drug-likeness (QED) is 0.789. The van der Waals surface area contributed by atoms with Crippen LogP contribution in [0.5, 0.6) is 0 Å². The largest absolute Gasteiger partial charge is 0.370 e. The van der Waals surface area contributed by atoms with Crippen molar-refractivity contribution in [2.75, 3.05) is 26.3 Å². The maximum Gasteiger partial charge on any atom is 0.255 e. The summed E-state index contributed by atoms with van der Waals surface area (Å²) < 4.78 is 12.7. The van der Waals surface area contributed by atoms with Crippen LogP contribution in [0, 0.1) is 18.8 Å². The lowest BCUT2D eigenvalue weighted by Gasteiger charge is -2.50. The number of nitrogens with zero attached hydrogens (tertiary/aromatic N) is 2. The third-order valence-electron chi connectivity index (χ3n) is 6.20. The first-order valence-corrected chi connectivity index (χ1v) is 10.5. The number of amides is 1. The van der Waals surface area contributed by atoms with Crippen molar-refractivity contribution in [2.45, 2.75) is 38.9 Å². The van der Waals surface area contributed by atoms with Crippen LogP contribution in [0.3, 0.4) is 0 Å². The third kappa shape index (κ3) is 4.21. The van der Waals surface area contributed by atoms with Crippen LogP contribution in [0.4, 0.5) is 0 Å². The van der Waals surface area contributed by atoms with Crippen LogP contribution < -0.4 is 0 Å². The Morgan fingerprint density at radius 2 is 2.00 bits per heavy atom. The zero-order valence-corrected chi connectivity index (χ0v) is 17.5. The normalized spacial score (nSPS) is 27.4. The van der Waals surface area contributed by atoms with Gasteiger partial charge < -0.3 is 14.4 Å². The second kappa shape index (κ2) is 8.25. The van der Waals surface area contributed by atoms with E-state index in [-0.39, 0.29) is 12.0 Å². The van der Waals surface area contributed by atoms with E-state index in [4.69, 9.17) is 9.47 Å². The van der Waals surface area contributed by atoms with Crippen molar-refractivity contribution in [1.29, 1.82) is 0 Å². The molecule has 1 spiro atoms. The number of morpholine rings is 1. The van der Waals surface area contributed by atoms with Gasteiger partial charge in [-0.15, -0.1) is 0 Å². The average molecular weight is 395 g/mol. The molecule has 1 aromatic heterocycles. The Morgan fingerprint density at radius 3 is 2.69 bits per heavy atom.